The van der Waals surface area contributed by atoms with E-state index in [0.29, 0.717) is 0 Å². The van der Waals surface area contributed by atoms with E-state index in [-0.39, 0.29) is 23.7 Å². The fourth-order valence-electron chi connectivity index (χ4n) is 1.91. The van der Waals surface area contributed by atoms with Gasteiger partial charge in [-0.2, -0.15) is 0 Å². The molecule has 0 bridgehead atoms. The van der Waals surface area contributed by atoms with E-state index in [9.17, 15) is 4.39 Å². The zero-order valence-corrected chi connectivity index (χ0v) is 12.1. The highest BCUT2D eigenvalue weighted by molar-refractivity contribution is 7.10. The lowest BCUT2D eigenvalue weighted by molar-refractivity contribution is 0.175. The molecular formula is C15H18FNOS. The molecule has 1 aromatic carbocycles. The summed E-state index contributed by atoms with van der Waals surface area (Å²) in [5, 5.41) is 2.00. The van der Waals surface area contributed by atoms with Gasteiger partial charge in [0.1, 0.15) is 6.10 Å². The molecule has 0 saturated heterocycles. The largest absolute Gasteiger partial charge is 0.480 e. The first kappa shape index (κ1) is 14.0. The predicted molar refractivity (Wildman–Crippen MR) is 77.2 cm³/mol. The number of benzene rings is 1. The third-order valence-corrected chi connectivity index (χ3v) is 4.06. The van der Waals surface area contributed by atoms with Crippen molar-refractivity contribution in [3.05, 3.63) is 51.5 Å². The molecule has 4 heteroatoms. The number of aryl methyl sites for hydroxylation is 2. The zero-order chi connectivity index (χ0) is 14.0. The Kier molecular flexibility index (Phi) is 4.22. The molecule has 2 rings (SSSR count). The molecular weight excluding hydrogens is 261 g/mol. The molecule has 2 aromatic rings. The number of halogens is 1. The molecule has 0 aliphatic heterocycles. The number of thiophene rings is 1. The second kappa shape index (κ2) is 5.72. The van der Waals surface area contributed by atoms with Gasteiger partial charge in [-0.1, -0.05) is 6.07 Å². The summed E-state index contributed by atoms with van der Waals surface area (Å²) in [6.45, 7) is 5.79. The molecule has 0 fully saturated rings. The third kappa shape index (κ3) is 3.14. The minimum absolute atomic E-state index is 0.211. The average Bonchev–Trinajstić information content (AvgIpc) is 2.76. The molecule has 0 amide bonds. The summed E-state index contributed by atoms with van der Waals surface area (Å²) in [5.41, 5.74) is 8.08. The highest BCUT2D eigenvalue weighted by Crippen LogP contribution is 2.31. The van der Waals surface area contributed by atoms with Crippen molar-refractivity contribution in [2.24, 2.45) is 5.73 Å². The van der Waals surface area contributed by atoms with Crippen LogP contribution in [0.15, 0.2) is 29.6 Å². The number of hydrogen-bond donors (Lipinski definition) is 1. The minimum Gasteiger partial charge on any atom is -0.480 e. The van der Waals surface area contributed by atoms with Gasteiger partial charge in [-0.15, -0.1) is 11.3 Å². The van der Waals surface area contributed by atoms with Crippen molar-refractivity contribution in [2.75, 3.05) is 0 Å². The first-order chi connectivity index (χ1) is 8.99. The van der Waals surface area contributed by atoms with E-state index in [2.05, 4.69) is 0 Å². The number of nitrogens with two attached hydrogens (primary N) is 1. The van der Waals surface area contributed by atoms with Crippen LogP contribution in [0.1, 0.15) is 29.0 Å². The van der Waals surface area contributed by atoms with E-state index in [1.165, 1.54) is 6.07 Å². The van der Waals surface area contributed by atoms with Crippen LogP contribution in [0.3, 0.4) is 0 Å². The van der Waals surface area contributed by atoms with Crippen LogP contribution in [-0.4, -0.2) is 6.04 Å². The Balaban J connectivity index is 2.32. The summed E-state index contributed by atoms with van der Waals surface area (Å²) >= 11 is 1.59. The third-order valence-electron chi connectivity index (χ3n) is 2.98. The maximum atomic E-state index is 13.8. The van der Waals surface area contributed by atoms with Crippen LogP contribution >= 0.6 is 11.3 Å². The SMILES string of the molecule is Cc1ccc(F)c(OC(c2sccc2C)C(C)N)c1. The van der Waals surface area contributed by atoms with E-state index in [4.69, 9.17) is 10.5 Å². The number of rotatable bonds is 4. The Morgan fingerprint density at radius 3 is 2.58 bits per heavy atom. The summed E-state index contributed by atoms with van der Waals surface area (Å²) in [6.07, 6.45) is -0.323. The standard InChI is InChI=1S/C15H18FNOS/c1-9-4-5-12(16)13(8-9)18-14(11(3)17)15-10(2)6-7-19-15/h4-8,11,14H,17H2,1-3H3. The van der Waals surface area contributed by atoms with Gasteiger partial charge in [-0.05, 0) is 55.5 Å². The molecule has 0 spiro atoms. The van der Waals surface area contributed by atoms with Crippen molar-refractivity contribution in [2.45, 2.75) is 32.9 Å². The summed E-state index contributed by atoms with van der Waals surface area (Å²) in [7, 11) is 0. The lowest BCUT2D eigenvalue weighted by Gasteiger charge is -2.23. The van der Waals surface area contributed by atoms with Crippen molar-refractivity contribution in [1.29, 1.82) is 0 Å². The topological polar surface area (TPSA) is 35.2 Å². The lowest BCUT2D eigenvalue weighted by Crippen LogP contribution is -2.29. The second-order valence-electron chi connectivity index (χ2n) is 4.80. The van der Waals surface area contributed by atoms with Crippen molar-refractivity contribution >= 4 is 11.3 Å². The van der Waals surface area contributed by atoms with Crippen molar-refractivity contribution in [3.8, 4) is 5.75 Å². The summed E-state index contributed by atoms with van der Waals surface area (Å²) in [6, 6.07) is 6.65. The quantitative estimate of drug-likeness (QED) is 0.919. The van der Waals surface area contributed by atoms with Crippen LogP contribution in [0.2, 0.25) is 0 Å². The molecule has 2 atom stereocenters. The van der Waals surface area contributed by atoms with Crippen LogP contribution in [0.25, 0.3) is 0 Å². The highest BCUT2D eigenvalue weighted by atomic mass is 32.1. The van der Waals surface area contributed by atoms with Gasteiger partial charge in [-0.3, -0.25) is 0 Å². The fraction of sp³-hybridized carbons (Fsp3) is 0.333. The fourth-order valence-corrected chi connectivity index (χ4v) is 2.98. The first-order valence-corrected chi connectivity index (χ1v) is 7.09. The summed E-state index contributed by atoms with van der Waals surface area (Å²) < 4.78 is 19.6. The van der Waals surface area contributed by atoms with Gasteiger partial charge in [0.15, 0.2) is 11.6 Å². The first-order valence-electron chi connectivity index (χ1n) is 6.21. The van der Waals surface area contributed by atoms with Gasteiger partial charge in [0.2, 0.25) is 0 Å². The molecule has 0 aliphatic rings. The maximum absolute atomic E-state index is 13.8. The molecule has 1 aromatic heterocycles. The van der Waals surface area contributed by atoms with Gasteiger partial charge >= 0.3 is 0 Å². The van der Waals surface area contributed by atoms with Gasteiger partial charge < -0.3 is 10.5 Å². The predicted octanol–water partition coefficient (Wildman–Crippen LogP) is 3.97. The molecule has 0 aliphatic carbocycles. The molecule has 1 heterocycles. The Morgan fingerprint density at radius 2 is 2.00 bits per heavy atom. The summed E-state index contributed by atoms with van der Waals surface area (Å²) in [4.78, 5) is 1.05. The normalized spacial score (nSPS) is 14.2. The lowest BCUT2D eigenvalue weighted by atomic mass is 10.1. The number of hydrogen-bond acceptors (Lipinski definition) is 3. The number of ether oxygens (including phenoxy) is 1. The molecule has 0 radical (unpaired) electrons. The Labute approximate surface area is 117 Å². The summed E-state index contributed by atoms with van der Waals surface area (Å²) in [5.74, 6) is -0.0967. The molecule has 0 saturated carbocycles. The van der Waals surface area contributed by atoms with Crippen LogP contribution in [0.5, 0.6) is 5.75 Å². The van der Waals surface area contributed by atoms with Gasteiger partial charge in [-0.25, -0.2) is 4.39 Å². The maximum Gasteiger partial charge on any atom is 0.165 e. The van der Waals surface area contributed by atoms with Gasteiger partial charge in [0.25, 0.3) is 0 Å². The smallest absolute Gasteiger partial charge is 0.165 e. The minimum atomic E-state index is -0.356. The van der Waals surface area contributed by atoms with Crippen LogP contribution in [-0.2, 0) is 0 Å². The van der Waals surface area contributed by atoms with E-state index < -0.39 is 0 Å². The molecule has 2 N–H and O–H groups in total. The molecule has 102 valence electrons. The average molecular weight is 279 g/mol. The van der Waals surface area contributed by atoms with E-state index >= 15 is 0 Å². The Hall–Kier alpha value is -1.39. The molecule has 2 unspecified atom stereocenters. The second-order valence-corrected chi connectivity index (χ2v) is 5.75. The zero-order valence-electron chi connectivity index (χ0n) is 11.3. The van der Waals surface area contributed by atoms with E-state index in [1.54, 1.807) is 23.5 Å². The van der Waals surface area contributed by atoms with Crippen molar-refractivity contribution < 1.29 is 9.13 Å². The van der Waals surface area contributed by atoms with Gasteiger partial charge in [0, 0.05) is 10.9 Å². The Morgan fingerprint density at radius 1 is 1.26 bits per heavy atom. The molecule has 19 heavy (non-hydrogen) atoms. The van der Waals surface area contributed by atoms with E-state index in [0.717, 1.165) is 16.0 Å². The van der Waals surface area contributed by atoms with Crippen LogP contribution < -0.4 is 10.5 Å². The highest BCUT2D eigenvalue weighted by Gasteiger charge is 2.22. The molecule has 2 nitrogen and oxygen atoms in total. The van der Waals surface area contributed by atoms with Crippen LogP contribution in [0, 0.1) is 19.7 Å². The van der Waals surface area contributed by atoms with Crippen LogP contribution in [0.4, 0.5) is 4.39 Å². The van der Waals surface area contributed by atoms with E-state index in [1.807, 2.05) is 32.2 Å². The van der Waals surface area contributed by atoms with Crippen molar-refractivity contribution in [1.82, 2.24) is 0 Å². The Bertz CT molecular complexity index is 565. The van der Waals surface area contributed by atoms with Gasteiger partial charge in [0.05, 0.1) is 0 Å². The monoisotopic (exact) mass is 279 g/mol. The van der Waals surface area contributed by atoms with Crippen molar-refractivity contribution in [3.63, 3.8) is 0 Å².